The van der Waals surface area contributed by atoms with E-state index < -0.39 is 0 Å². The van der Waals surface area contributed by atoms with E-state index in [1.165, 1.54) is 6.42 Å². The van der Waals surface area contributed by atoms with E-state index in [-0.39, 0.29) is 58.0 Å². The summed E-state index contributed by atoms with van der Waals surface area (Å²) in [5, 5.41) is 13.2. The van der Waals surface area contributed by atoms with Crippen molar-refractivity contribution in [3.63, 3.8) is 0 Å². The third-order valence-corrected chi connectivity index (χ3v) is 1.36. The zero-order chi connectivity index (χ0) is 5.11. The Morgan fingerprint density at radius 1 is 1.62 bits per heavy atom. The predicted molar refractivity (Wildman–Crippen MR) is 25.9 cm³/mol. The van der Waals surface area contributed by atoms with Crippen LogP contribution in [0, 0.1) is 0 Å². The standard InChI is InChI=1S/C5H10NO.K/c7-4-5-2-1-3-6-5;/h5-6H,1-4H2;/q-1;+1/t5-;/m0./s1. The minimum absolute atomic E-state index is 0. The molecular formula is C5H10KNO. The third-order valence-electron chi connectivity index (χ3n) is 1.36. The molecule has 42 valence electrons. The van der Waals surface area contributed by atoms with Gasteiger partial charge in [0.25, 0.3) is 0 Å². The molecule has 0 radical (unpaired) electrons. The summed E-state index contributed by atoms with van der Waals surface area (Å²) in [5.74, 6) is 0. The van der Waals surface area contributed by atoms with Crippen molar-refractivity contribution in [2.45, 2.75) is 18.9 Å². The summed E-state index contributed by atoms with van der Waals surface area (Å²) in [4.78, 5) is 0. The summed E-state index contributed by atoms with van der Waals surface area (Å²) in [7, 11) is 0. The van der Waals surface area contributed by atoms with Crippen LogP contribution in [0.2, 0.25) is 0 Å². The molecule has 0 aromatic rings. The Morgan fingerprint density at radius 2 is 2.38 bits per heavy atom. The first-order valence-electron chi connectivity index (χ1n) is 2.75. The van der Waals surface area contributed by atoms with Crippen molar-refractivity contribution in [2.24, 2.45) is 0 Å². The molecule has 0 saturated carbocycles. The molecule has 0 aliphatic carbocycles. The molecule has 0 aromatic heterocycles. The van der Waals surface area contributed by atoms with E-state index >= 15 is 0 Å². The van der Waals surface area contributed by atoms with Gasteiger partial charge in [-0.25, -0.2) is 0 Å². The molecule has 0 bridgehead atoms. The molecule has 1 atom stereocenters. The van der Waals surface area contributed by atoms with Gasteiger partial charge in [0.1, 0.15) is 0 Å². The molecule has 8 heavy (non-hydrogen) atoms. The molecule has 1 rings (SSSR count). The minimum atomic E-state index is 0. The van der Waals surface area contributed by atoms with E-state index in [1.807, 2.05) is 0 Å². The quantitative estimate of drug-likeness (QED) is 0.377. The van der Waals surface area contributed by atoms with Crippen LogP contribution in [-0.4, -0.2) is 19.2 Å². The van der Waals surface area contributed by atoms with Crippen LogP contribution in [0.15, 0.2) is 0 Å². The van der Waals surface area contributed by atoms with Crippen molar-refractivity contribution in [1.82, 2.24) is 5.32 Å². The van der Waals surface area contributed by atoms with Crippen LogP contribution in [0.3, 0.4) is 0 Å². The van der Waals surface area contributed by atoms with E-state index in [1.54, 1.807) is 0 Å². The maximum atomic E-state index is 10.1. The van der Waals surface area contributed by atoms with Gasteiger partial charge in [-0.05, 0) is 25.4 Å². The molecule has 2 nitrogen and oxygen atoms in total. The zero-order valence-corrected chi connectivity index (χ0v) is 8.44. The average Bonchev–Trinajstić information content (AvgIpc) is 2.14. The molecule has 0 spiro atoms. The summed E-state index contributed by atoms with van der Waals surface area (Å²) in [6.45, 7) is 1.10. The summed E-state index contributed by atoms with van der Waals surface area (Å²) in [6, 6.07) is 0.292. The van der Waals surface area contributed by atoms with Gasteiger partial charge in [0, 0.05) is 0 Å². The van der Waals surface area contributed by atoms with E-state index in [2.05, 4.69) is 5.32 Å². The van der Waals surface area contributed by atoms with Gasteiger partial charge in [-0.1, -0.05) is 0 Å². The molecule has 1 fully saturated rings. The van der Waals surface area contributed by atoms with E-state index in [4.69, 9.17) is 0 Å². The average molecular weight is 139 g/mol. The van der Waals surface area contributed by atoms with Crippen LogP contribution >= 0.6 is 0 Å². The summed E-state index contributed by atoms with van der Waals surface area (Å²) in [6.07, 6.45) is 2.27. The molecule has 3 heteroatoms. The first kappa shape index (κ1) is 9.56. The second-order valence-corrected chi connectivity index (χ2v) is 1.96. The van der Waals surface area contributed by atoms with E-state index in [9.17, 15) is 5.11 Å². The van der Waals surface area contributed by atoms with Crippen LogP contribution in [0.1, 0.15) is 12.8 Å². The monoisotopic (exact) mass is 139 g/mol. The van der Waals surface area contributed by atoms with Crippen LogP contribution in [0.4, 0.5) is 0 Å². The second-order valence-electron chi connectivity index (χ2n) is 1.96. The second kappa shape index (κ2) is 5.35. The molecule has 1 N–H and O–H groups in total. The Balaban J connectivity index is 0.000000490. The Labute approximate surface area is 92.5 Å². The topological polar surface area (TPSA) is 35.1 Å². The van der Waals surface area contributed by atoms with Gasteiger partial charge >= 0.3 is 51.4 Å². The van der Waals surface area contributed by atoms with Crippen molar-refractivity contribution < 1.29 is 56.5 Å². The first-order chi connectivity index (χ1) is 3.43. The first-order valence-corrected chi connectivity index (χ1v) is 2.75. The Kier molecular flexibility index (Phi) is 6.39. The Hall–Kier alpha value is 1.56. The maximum absolute atomic E-state index is 10.1. The minimum Gasteiger partial charge on any atom is -0.853 e. The van der Waals surface area contributed by atoms with Crippen LogP contribution in [0.25, 0.3) is 0 Å². The smallest absolute Gasteiger partial charge is 0.853 e. The number of hydrogen-bond acceptors (Lipinski definition) is 2. The van der Waals surface area contributed by atoms with Crippen LogP contribution in [-0.2, 0) is 0 Å². The number of hydrogen-bond donors (Lipinski definition) is 1. The van der Waals surface area contributed by atoms with Gasteiger partial charge in [-0.15, -0.1) is 6.61 Å². The molecular weight excluding hydrogens is 129 g/mol. The maximum Gasteiger partial charge on any atom is 1.00 e. The zero-order valence-electron chi connectivity index (χ0n) is 5.31. The summed E-state index contributed by atoms with van der Waals surface area (Å²) >= 11 is 0. The summed E-state index contributed by atoms with van der Waals surface area (Å²) in [5.41, 5.74) is 0. The number of rotatable bonds is 1. The van der Waals surface area contributed by atoms with Gasteiger partial charge in [0.05, 0.1) is 0 Å². The van der Waals surface area contributed by atoms with Crippen molar-refractivity contribution in [3.05, 3.63) is 0 Å². The normalized spacial score (nSPS) is 27.4. The molecule has 0 aromatic carbocycles. The van der Waals surface area contributed by atoms with Gasteiger partial charge in [-0.2, -0.15) is 0 Å². The van der Waals surface area contributed by atoms with Crippen molar-refractivity contribution in [3.8, 4) is 0 Å². The predicted octanol–water partition coefficient (Wildman–Crippen LogP) is -3.90. The number of nitrogens with one attached hydrogen (secondary N) is 1. The van der Waals surface area contributed by atoms with Gasteiger partial charge < -0.3 is 10.4 Å². The summed E-state index contributed by atoms with van der Waals surface area (Å²) < 4.78 is 0. The largest absolute Gasteiger partial charge is 1.00 e. The van der Waals surface area contributed by atoms with E-state index in [0.717, 1.165) is 13.0 Å². The fourth-order valence-electron chi connectivity index (χ4n) is 0.899. The fourth-order valence-corrected chi connectivity index (χ4v) is 0.899. The molecule has 1 saturated heterocycles. The molecule has 1 aliphatic rings. The molecule has 1 heterocycles. The molecule has 1 aliphatic heterocycles. The molecule has 0 amide bonds. The molecule has 0 unspecified atom stereocenters. The van der Waals surface area contributed by atoms with Crippen molar-refractivity contribution in [2.75, 3.05) is 13.2 Å². The van der Waals surface area contributed by atoms with Crippen molar-refractivity contribution >= 4 is 0 Å². The van der Waals surface area contributed by atoms with Gasteiger partial charge in [0.2, 0.25) is 0 Å². The third kappa shape index (κ3) is 2.91. The van der Waals surface area contributed by atoms with Crippen LogP contribution in [0.5, 0.6) is 0 Å². The van der Waals surface area contributed by atoms with Crippen LogP contribution < -0.4 is 61.8 Å². The Bertz CT molecular complexity index is 54.4. The Morgan fingerprint density at radius 3 is 2.62 bits per heavy atom. The fraction of sp³-hybridized carbons (Fsp3) is 1.00. The van der Waals surface area contributed by atoms with Gasteiger partial charge in [-0.3, -0.25) is 0 Å². The van der Waals surface area contributed by atoms with E-state index in [0.29, 0.717) is 6.04 Å². The van der Waals surface area contributed by atoms with Gasteiger partial charge in [0.15, 0.2) is 0 Å². The SMILES string of the molecule is [K+].[O-]C[C@@H]1CCCN1. The van der Waals surface area contributed by atoms with Crippen molar-refractivity contribution in [1.29, 1.82) is 0 Å².